The van der Waals surface area contributed by atoms with Gasteiger partial charge in [-0.25, -0.2) is 0 Å². The lowest BCUT2D eigenvalue weighted by Gasteiger charge is -2.32. The molecular formula is C17H24O6. The summed E-state index contributed by atoms with van der Waals surface area (Å²) in [4.78, 5) is 35.4. The van der Waals surface area contributed by atoms with Gasteiger partial charge in [0.05, 0.1) is 0 Å². The number of carbonyl (C=O) groups excluding carboxylic acids is 3. The van der Waals surface area contributed by atoms with Crippen molar-refractivity contribution in [3.8, 4) is 12.3 Å². The first kappa shape index (κ1) is 20.7. The summed E-state index contributed by atoms with van der Waals surface area (Å²) in [5.74, 6) is -0.0452. The summed E-state index contributed by atoms with van der Waals surface area (Å²) < 4.78 is 14.8. The summed E-state index contributed by atoms with van der Waals surface area (Å²) in [6.07, 6.45) is 7.60. The average Bonchev–Trinajstić information content (AvgIpc) is 2.52. The minimum absolute atomic E-state index is 0.203. The lowest BCUT2D eigenvalue weighted by atomic mass is 9.86. The monoisotopic (exact) mass is 324 g/mol. The van der Waals surface area contributed by atoms with Crippen LogP contribution in [0.5, 0.6) is 0 Å². The Balaban J connectivity index is 5.22. The van der Waals surface area contributed by atoms with Crippen molar-refractivity contribution in [1.82, 2.24) is 0 Å². The molecule has 0 aromatic heterocycles. The third-order valence-corrected chi connectivity index (χ3v) is 3.67. The highest BCUT2D eigenvalue weighted by molar-refractivity contribution is 6.00. The molecule has 0 rings (SSSR count). The SMILES string of the molecule is C#CCC(C)(C(=O)OCOC(C)=O)C(=O)OC(C=C)(CC)CC. The van der Waals surface area contributed by atoms with Crippen LogP contribution in [0.2, 0.25) is 0 Å². The van der Waals surface area contributed by atoms with Crippen molar-refractivity contribution in [1.29, 1.82) is 0 Å². The zero-order valence-electron chi connectivity index (χ0n) is 14.1. The number of hydrogen-bond acceptors (Lipinski definition) is 6. The number of rotatable bonds is 9. The Hall–Kier alpha value is -2.29. The molecule has 0 saturated carbocycles. The van der Waals surface area contributed by atoms with E-state index in [0.717, 1.165) is 0 Å². The molecule has 0 aliphatic carbocycles. The second kappa shape index (κ2) is 8.99. The first-order valence-electron chi connectivity index (χ1n) is 7.32. The van der Waals surface area contributed by atoms with Gasteiger partial charge in [-0.1, -0.05) is 20.4 Å². The highest BCUT2D eigenvalue weighted by Gasteiger charge is 2.46. The zero-order chi connectivity index (χ0) is 18.1. The fourth-order valence-electron chi connectivity index (χ4n) is 1.78. The van der Waals surface area contributed by atoms with Crippen LogP contribution < -0.4 is 0 Å². The fourth-order valence-corrected chi connectivity index (χ4v) is 1.78. The standard InChI is InChI=1S/C17H24O6/c1-7-11-16(6,14(19)22-12-21-13(5)18)15(20)23-17(8-2,9-3)10-4/h1,8H,2,9-12H2,3-6H3. The smallest absolute Gasteiger partial charge is 0.327 e. The van der Waals surface area contributed by atoms with Crippen LogP contribution in [-0.2, 0) is 28.6 Å². The van der Waals surface area contributed by atoms with E-state index in [9.17, 15) is 14.4 Å². The van der Waals surface area contributed by atoms with Gasteiger partial charge in [0, 0.05) is 13.3 Å². The van der Waals surface area contributed by atoms with E-state index in [0.29, 0.717) is 12.8 Å². The molecule has 23 heavy (non-hydrogen) atoms. The van der Waals surface area contributed by atoms with Crippen molar-refractivity contribution in [3.05, 3.63) is 12.7 Å². The van der Waals surface area contributed by atoms with Gasteiger partial charge in [-0.05, 0) is 25.8 Å². The Morgan fingerprint density at radius 1 is 1.17 bits per heavy atom. The quantitative estimate of drug-likeness (QED) is 0.213. The molecule has 0 heterocycles. The van der Waals surface area contributed by atoms with Gasteiger partial charge in [0.1, 0.15) is 5.60 Å². The lowest BCUT2D eigenvalue weighted by molar-refractivity contribution is -0.185. The van der Waals surface area contributed by atoms with Crippen LogP contribution in [0.15, 0.2) is 12.7 Å². The molecule has 0 bridgehead atoms. The second-order valence-corrected chi connectivity index (χ2v) is 5.26. The predicted molar refractivity (Wildman–Crippen MR) is 83.9 cm³/mol. The average molecular weight is 324 g/mol. The highest BCUT2D eigenvalue weighted by atomic mass is 16.7. The van der Waals surface area contributed by atoms with Crippen LogP contribution in [0.4, 0.5) is 0 Å². The molecule has 1 atom stereocenters. The van der Waals surface area contributed by atoms with Gasteiger partial charge >= 0.3 is 17.9 Å². The Morgan fingerprint density at radius 3 is 2.13 bits per heavy atom. The van der Waals surface area contributed by atoms with E-state index in [-0.39, 0.29) is 6.42 Å². The van der Waals surface area contributed by atoms with Gasteiger partial charge in [0.15, 0.2) is 5.41 Å². The van der Waals surface area contributed by atoms with Gasteiger partial charge in [-0.2, -0.15) is 0 Å². The summed E-state index contributed by atoms with van der Waals surface area (Å²) in [7, 11) is 0. The van der Waals surface area contributed by atoms with Gasteiger partial charge < -0.3 is 14.2 Å². The Bertz CT molecular complexity index is 498. The van der Waals surface area contributed by atoms with Crippen LogP contribution in [-0.4, -0.2) is 30.3 Å². The first-order chi connectivity index (χ1) is 10.7. The molecule has 0 amide bonds. The van der Waals surface area contributed by atoms with E-state index in [1.54, 1.807) is 0 Å². The van der Waals surface area contributed by atoms with E-state index in [1.165, 1.54) is 19.9 Å². The molecule has 6 nitrogen and oxygen atoms in total. The number of terminal acetylenes is 1. The minimum Gasteiger partial charge on any atom is -0.454 e. The van der Waals surface area contributed by atoms with Crippen LogP contribution >= 0.6 is 0 Å². The van der Waals surface area contributed by atoms with Crippen molar-refractivity contribution in [2.75, 3.05) is 6.79 Å². The zero-order valence-corrected chi connectivity index (χ0v) is 14.1. The molecule has 0 spiro atoms. The van der Waals surface area contributed by atoms with Crippen LogP contribution in [0.25, 0.3) is 0 Å². The topological polar surface area (TPSA) is 78.9 Å². The van der Waals surface area contributed by atoms with E-state index in [1.807, 2.05) is 13.8 Å². The van der Waals surface area contributed by atoms with Gasteiger partial charge in [0.2, 0.25) is 6.79 Å². The lowest BCUT2D eigenvalue weighted by Crippen LogP contribution is -2.44. The number of esters is 3. The largest absolute Gasteiger partial charge is 0.454 e. The maximum Gasteiger partial charge on any atom is 0.327 e. The normalized spacial score (nSPS) is 13.2. The summed E-state index contributed by atoms with van der Waals surface area (Å²) in [6, 6.07) is 0. The van der Waals surface area contributed by atoms with Crippen LogP contribution in [0, 0.1) is 17.8 Å². The highest BCUT2D eigenvalue weighted by Crippen LogP contribution is 2.31. The molecule has 6 heteroatoms. The van der Waals surface area contributed by atoms with Crippen LogP contribution in [0.3, 0.4) is 0 Å². The van der Waals surface area contributed by atoms with Crippen molar-refractivity contribution < 1.29 is 28.6 Å². The van der Waals surface area contributed by atoms with Crippen molar-refractivity contribution in [2.24, 2.45) is 5.41 Å². The van der Waals surface area contributed by atoms with E-state index in [4.69, 9.17) is 15.9 Å². The fraction of sp³-hybridized carbons (Fsp3) is 0.588. The second-order valence-electron chi connectivity index (χ2n) is 5.26. The van der Waals surface area contributed by atoms with E-state index >= 15 is 0 Å². The summed E-state index contributed by atoms with van der Waals surface area (Å²) in [5.41, 5.74) is -2.56. The molecule has 128 valence electrons. The predicted octanol–water partition coefficient (Wildman–Crippen LogP) is 2.37. The minimum atomic E-state index is -1.69. The molecule has 0 fully saturated rings. The Morgan fingerprint density at radius 2 is 1.74 bits per heavy atom. The van der Waals surface area contributed by atoms with E-state index in [2.05, 4.69) is 17.2 Å². The maximum atomic E-state index is 12.5. The number of carbonyl (C=O) groups is 3. The first-order valence-corrected chi connectivity index (χ1v) is 7.32. The van der Waals surface area contributed by atoms with Crippen molar-refractivity contribution in [2.45, 2.75) is 52.6 Å². The van der Waals surface area contributed by atoms with Gasteiger partial charge in [0.25, 0.3) is 0 Å². The molecule has 0 aromatic rings. The Labute approximate surface area is 137 Å². The molecule has 0 radical (unpaired) electrons. The molecule has 0 aliphatic rings. The number of hydrogen-bond donors (Lipinski definition) is 0. The summed E-state index contributed by atoms with van der Waals surface area (Å²) >= 11 is 0. The number of ether oxygens (including phenoxy) is 3. The van der Waals surface area contributed by atoms with E-state index < -0.39 is 35.7 Å². The summed E-state index contributed by atoms with van der Waals surface area (Å²) in [6.45, 7) is 9.29. The van der Waals surface area contributed by atoms with Crippen molar-refractivity contribution >= 4 is 17.9 Å². The van der Waals surface area contributed by atoms with Crippen molar-refractivity contribution in [3.63, 3.8) is 0 Å². The molecular weight excluding hydrogens is 300 g/mol. The molecule has 0 aliphatic heterocycles. The third-order valence-electron chi connectivity index (χ3n) is 3.67. The van der Waals surface area contributed by atoms with Gasteiger partial charge in [-0.3, -0.25) is 14.4 Å². The van der Waals surface area contributed by atoms with Gasteiger partial charge in [-0.15, -0.1) is 12.3 Å². The molecule has 0 N–H and O–H groups in total. The molecule has 0 aromatic carbocycles. The third kappa shape index (κ3) is 5.44. The molecule has 1 unspecified atom stereocenters. The summed E-state index contributed by atoms with van der Waals surface area (Å²) in [5, 5.41) is 0. The maximum absolute atomic E-state index is 12.5. The Kier molecular flexibility index (Phi) is 8.09. The van der Waals surface area contributed by atoms with Crippen LogP contribution in [0.1, 0.15) is 47.0 Å². The molecule has 0 saturated heterocycles.